The molecule has 0 heterocycles. The van der Waals surface area contributed by atoms with Gasteiger partial charge in [-0.05, 0) is 46.4 Å². The van der Waals surface area contributed by atoms with E-state index in [0.717, 1.165) is 6.07 Å². The van der Waals surface area contributed by atoms with E-state index in [2.05, 4.69) is 15.9 Å². The molecule has 0 nitrogen and oxygen atoms in total. The fraction of sp³-hybridized carbons (Fsp3) is 0.0769. The molecule has 0 aromatic heterocycles. The van der Waals surface area contributed by atoms with Gasteiger partial charge in [0.05, 0.1) is 4.83 Å². The minimum Gasteiger partial charge on any atom is -0.207 e. The van der Waals surface area contributed by atoms with E-state index >= 15 is 0 Å². The number of hydrogen-bond acceptors (Lipinski definition) is 0. The standard InChI is InChI=1S/C13H6BrF4I/c14-13(7-2-1-6(15)3-12(7)19)8-4-10(17)11(18)5-9(8)16/h1-5,13H. The third-order valence-electron chi connectivity index (χ3n) is 2.55. The maximum Gasteiger partial charge on any atom is 0.161 e. The molecule has 0 aliphatic carbocycles. The highest BCUT2D eigenvalue weighted by molar-refractivity contribution is 14.1. The van der Waals surface area contributed by atoms with Crippen molar-refractivity contribution in [1.82, 2.24) is 0 Å². The monoisotopic (exact) mass is 444 g/mol. The predicted octanol–water partition coefficient (Wildman–Crippen LogP) is 5.33. The van der Waals surface area contributed by atoms with Gasteiger partial charge < -0.3 is 0 Å². The van der Waals surface area contributed by atoms with Gasteiger partial charge in [-0.15, -0.1) is 0 Å². The molecule has 2 aromatic carbocycles. The van der Waals surface area contributed by atoms with E-state index in [9.17, 15) is 17.6 Å². The van der Waals surface area contributed by atoms with Crippen LogP contribution >= 0.6 is 38.5 Å². The summed E-state index contributed by atoms with van der Waals surface area (Å²) in [5.41, 5.74) is 0.537. The largest absolute Gasteiger partial charge is 0.207 e. The Labute approximate surface area is 129 Å². The molecule has 2 aromatic rings. The van der Waals surface area contributed by atoms with Crippen LogP contribution in [0.2, 0.25) is 0 Å². The fourth-order valence-electron chi connectivity index (χ4n) is 1.61. The van der Waals surface area contributed by atoms with Crippen molar-refractivity contribution in [2.75, 3.05) is 0 Å². The van der Waals surface area contributed by atoms with Crippen molar-refractivity contribution < 1.29 is 17.6 Å². The second kappa shape index (κ2) is 5.78. The van der Waals surface area contributed by atoms with Crippen LogP contribution in [-0.2, 0) is 0 Å². The van der Waals surface area contributed by atoms with Gasteiger partial charge in [0, 0.05) is 15.2 Å². The summed E-state index contributed by atoms with van der Waals surface area (Å²) in [4.78, 5) is -0.685. The lowest BCUT2D eigenvalue weighted by Crippen LogP contribution is -2.02. The van der Waals surface area contributed by atoms with Crippen molar-refractivity contribution in [2.45, 2.75) is 4.83 Å². The van der Waals surface area contributed by atoms with Crippen LogP contribution in [0.4, 0.5) is 17.6 Å². The number of halogens is 6. The first kappa shape index (κ1) is 14.8. The van der Waals surface area contributed by atoms with E-state index in [1.54, 1.807) is 0 Å². The number of alkyl halides is 1. The first-order chi connectivity index (χ1) is 8.90. The topological polar surface area (TPSA) is 0 Å². The number of rotatable bonds is 2. The van der Waals surface area contributed by atoms with Gasteiger partial charge in [0.25, 0.3) is 0 Å². The Balaban J connectivity index is 2.49. The molecule has 0 aliphatic heterocycles. The quantitative estimate of drug-likeness (QED) is 0.254. The SMILES string of the molecule is Fc1ccc(C(Br)c2cc(F)c(F)cc2F)c(I)c1. The van der Waals surface area contributed by atoms with Crippen molar-refractivity contribution in [3.63, 3.8) is 0 Å². The Morgan fingerprint density at radius 2 is 1.47 bits per heavy atom. The molecule has 0 bridgehead atoms. The van der Waals surface area contributed by atoms with E-state index in [1.807, 2.05) is 22.6 Å². The number of benzene rings is 2. The van der Waals surface area contributed by atoms with Gasteiger partial charge in [-0.3, -0.25) is 0 Å². The zero-order valence-electron chi connectivity index (χ0n) is 9.23. The van der Waals surface area contributed by atoms with Crippen LogP contribution in [0.5, 0.6) is 0 Å². The van der Waals surface area contributed by atoms with Crippen molar-refractivity contribution >= 4 is 38.5 Å². The molecule has 0 amide bonds. The first-order valence-corrected chi connectivity index (χ1v) is 7.13. The van der Waals surface area contributed by atoms with Crippen LogP contribution in [0.15, 0.2) is 30.3 Å². The van der Waals surface area contributed by atoms with E-state index in [-0.39, 0.29) is 5.56 Å². The Morgan fingerprint density at radius 3 is 2.11 bits per heavy atom. The molecular weight excluding hydrogens is 439 g/mol. The van der Waals surface area contributed by atoms with Crippen LogP contribution in [-0.4, -0.2) is 0 Å². The second-order valence-electron chi connectivity index (χ2n) is 3.82. The first-order valence-electron chi connectivity index (χ1n) is 5.13. The number of hydrogen-bond donors (Lipinski definition) is 0. The van der Waals surface area contributed by atoms with Crippen molar-refractivity contribution in [3.8, 4) is 0 Å². The lowest BCUT2D eigenvalue weighted by molar-refractivity contribution is 0.491. The van der Waals surface area contributed by atoms with Gasteiger partial charge in [0.15, 0.2) is 11.6 Å². The Kier molecular flexibility index (Phi) is 4.50. The molecule has 1 atom stereocenters. The predicted molar refractivity (Wildman–Crippen MR) is 76.2 cm³/mol. The molecule has 0 N–H and O–H groups in total. The van der Waals surface area contributed by atoms with Crippen LogP contribution in [0.25, 0.3) is 0 Å². The molecule has 0 fully saturated rings. The van der Waals surface area contributed by atoms with Gasteiger partial charge in [-0.1, -0.05) is 22.0 Å². The third kappa shape index (κ3) is 3.10. The molecule has 0 saturated heterocycles. The average Bonchev–Trinajstić information content (AvgIpc) is 2.33. The highest BCUT2D eigenvalue weighted by Crippen LogP contribution is 2.35. The van der Waals surface area contributed by atoms with Crippen LogP contribution < -0.4 is 0 Å². The molecule has 0 saturated carbocycles. The molecule has 0 spiro atoms. The van der Waals surface area contributed by atoms with Crippen molar-refractivity contribution in [2.24, 2.45) is 0 Å². The van der Waals surface area contributed by atoms with Gasteiger partial charge in [-0.25, -0.2) is 17.6 Å². The van der Waals surface area contributed by atoms with Crippen molar-refractivity contribution in [1.29, 1.82) is 0 Å². The maximum atomic E-state index is 13.7. The zero-order valence-corrected chi connectivity index (χ0v) is 13.0. The molecule has 1 unspecified atom stereocenters. The summed E-state index contributed by atoms with van der Waals surface area (Å²) >= 11 is 5.12. The summed E-state index contributed by atoms with van der Waals surface area (Å²) < 4.78 is 53.3. The summed E-state index contributed by atoms with van der Waals surface area (Å²) in [7, 11) is 0. The van der Waals surface area contributed by atoms with Gasteiger partial charge >= 0.3 is 0 Å². The molecule has 0 aliphatic rings. The molecule has 6 heteroatoms. The Bertz CT molecular complexity index is 630. The molecular formula is C13H6BrF4I. The van der Waals surface area contributed by atoms with Crippen LogP contribution in [0.1, 0.15) is 16.0 Å². The summed E-state index contributed by atoms with van der Waals surface area (Å²) in [6, 6.07) is 5.27. The highest BCUT2D eigenvalue weighted by atomic mass is 127. The van der Waals surface area contributed by atoms with Gasteiger partial charge in [0.2, 0.25) is 0 Å². The second-order valence-corrected chi connectivity index (χ2v) is 5.89. The molecule has 100 valence electrons. The van der Waals surface area contributed by atoms with Gasteiger partial charge in [0.1, 0.15) is 11.6 Å². The van der Waals surface area contributed by atoms with Crippen molar-refractivity contribution in [3.05, 3.63) is 68.3 Å². The van der Waals surface area contributed by atoms with Crippen LogP contribution in [0.3, 0.4) is 0 Å². The van der Waals surface area contributed by atoms with Crippen LogP contribution in [0, 0.1) is 26.8 Å². The lowest BCUT2D eigenvalue weighted by atomic mass is 10.0. The highest BCUT2D eigenvalue weighted by Gasteiger charge is 2.20. The minimum absolute atomic E-state index is 0.0385. The average molecular weight is 445 g/mol. The molecule has 2 rings (SSSR count). The fourth-order valence-corrected chi connectivity index (χ4v) is 3.57. The van der Waals surface area contributed by atoms with E-state index in [0.29, 0.717) is 15.2 Å². The zero-order chi connectivity index (χ0) is 14.2. The molecule has 0 radical (unpaired) electrons. The smallest absolute Gasteiger partial charge is 0.161 e. The Morgan fingerprint density at radius 1 is 0.842 bits per heavy atom. The Hall–Kier alpha value is -0.630. The summed E-state index contributed by atoms with van der Waals surface area (Å²) in [5.74, 6) is -3.65. The third-order valence-corrected chi connectivity index (χ3v) is 4.47. The summed E-state index contributed by atoms with van der Waals surface area (Å²) in [6.07, 6.45) is 0. The maximum absolute atomic E-state index is 13.7. The molecule has 19 heavy (non-hydrogen) atoms. The van der Waals surface area contributed by atoms with Gasteiger partial charge in [-0.2, -0.15) is 0 Å². The minimum atomic E-state index is -1.24. The van der Waals surface area contributed by atoms with E-state index < -0.39 is 28.1 Å². The van der Waals surface area contributed by atoms with E-state index in [1.165, 1.54) is 18.2 Å². The normalized spacial score (nSPS) is 12.5. The summed E-state index contributed by atoms with van der Waals surface area (Å²) in [6.45, 7) is 0. The summed E-state index contributed by atoms with van der Waals surface area (Å²) in [5, 5.41) is 0. The van der Waals surface area contributed by atoms with E-state index in [4.69, 9.17) is 0 Å². The lowest BCUT2D eigenvalue weighted by Gasteiger charge is -2.14.